The number of ether oxygens (including phenoxy) is 1. The van der Waals surface area contributed by atoms with Crippen molar-refractivity contribution in [1.29, 1.82) is 0 Å². The van der Waals surface area contributed by atoms with E-state index < -0.39 is 26.6 Å². The smallest absolute Gasteiger partial charge is 0.306 e. The molecule has 1 N–H and O–H groups in total. The van der Waals surface area contributed by atoms with Crippen LogP contribution in [-0.4, -0.2) is 69.4 Å². The van der Waals surface area contributed by atoms with Crippen LogP contribution in [0.2, 0.25) is 0 Å². The van der Waals surface area contributed by atoms with E-state index in [2.05, 4.69) is 111 Å². The fraction of sp³-hybridized carbons (Fsp3) is 0.727. The van der Waals surface area contributed by atoms with E-state index in [1.54, 1.807) is 0 Å². The maximum Gasteiger partial charge on any atom is 0.306 e. The third-order valence-corrected chi connectivity index (χ3v) is 14.2. The lowest BCUT2D eigenvalue weighted by Gasteiger charge is -2.30. The summed E-state index contributed by atoms with van der Waals surface area (Å²) in [5.74, 6) is -0.578. The number of nitrogens with one attached hydrogen (secondary N) is 1. The highest BCUT2D eigenvalue weighted by atomic mass is 31.2. The Morgan fingerprint density at radius 3 is 1.29 bits per heavy atom. The Balaban J connectivity index is 5.30. The number of nitrogens with zero attached hydrogens (tertiary/aromatic N) is 1. The van der Waals surface area contributed by atoms with Crippen LogP contribution in [0.3, 0.4) is 0 Å². The first-order chi connectivity index (χ1) is 36.9. The summed E-state index contributed by atoms with van der Waals surface area (Å²) in [7, 11) is 1.16. The number of amides is 1. The third-order valence-electron chi connectivity index (χ3n) is 13.2. The standard InChI is InChI=1S/C66H117N2O7P/c1-7-10-13-16-19-22-25-28-30-31-32-33-34-35-36-37-39-41-44-47-50-53-56-59-66(70)75-64(57-54-51-48-45-42-27-24-21-18-15-12-9-3)63(62-74-76(71,72)73-61-60-68(4,5)6)67-65(69)58-55-52-49-46-43-40-38-29-26-23-20-17-14-11-8-2/h10,13,19,22-23,26,28,30,32-33,35-36,39,41,54,57,63-64H,7-9,11-12,14-18,20-21,24-25,27,29,31,34,37-38,40,42-53,55-56,58-62H2,1-6H3,(H-,67,69,71,72)/b13-10-,22-19-,26-23-,30-28-,33-32-,36-35-,41-39-,57-54-. The minimum atomic E-state index is -4.71. The van der Waals surface area contributed by atoms with E-state index in [0.717, 1.165) is 116 Å². The second kappa shape index (κ2) is 55.3. The van der Waals surface area contributed by atoms with Crippen molar-refractivity contribution in [2.24, 2.45) is 0 Å². The molecule has 0 aromatic rings. The number of unbranched alkanes of at least 4 members (excludes halogenated alkanes) is 25. The minimum absolute atomic E-state index is 0.0316. The number of quaternary nitrogens is 1. The van der Waals surface area contributed by atoms with Gasteiger partial charge in [0.05, 0.1) is 33.8 Å². The zero-order valence-electron chi connectivity index (χ0n) is 49.9. The van der Waals surface area contributed by atoms with Gasteiger partial charge in [0.2, 0.25) is 5.91 Å². The molecular weight excluding hydrogens is 964 g/mol. The van der Waals surface area contributed by atoms with Gasteiger partial charge in [0.1, 0.15) is 19.3 Å². The molecule has 0 rings (SSSR count). The molecule has 0 aromatic heterocycles. The van der Waals surface area contributed by atoms with Crippen molar-refractivity contribution < 1.29 is 37.3 Å². The van der Waals surface area contributed by atoms with Crippen LogP contribution in [0.5, 0.6) is 0 Å². The fourth-order valence-corrected chi connectivity index (χ4v) is 9.18. The second-order valence-corrected chi connectivity index (χ2v) is 23.2. The number of esters is 1. The third kappa shape index (κ3) is 55.7. The van der Waals surface area contributed by atoms with E-state index in [1.165, 1.54) is 103 Å². The van der Waals surface area contributed by atoms with Gasteiger partial charge in [-0.3, -0.25) is 14.2 Å². The number of hydrogen-bond acceptors (Lipinski definition) is 7. The minimum Gasteiger partial charge on any atom is -0.756 e. The van der Waals surface area contributed by atoms with E-state index in [1.807, 2.05) is 33.3 Å². The number of phosphoric ester groups is 1. The number of likely N-dealkylation sites (N-methyl/N-ethyl adjacent to an activating group) is 1. The first kappa shape index (κ1) is 72.9. The number of carbonyl (C=O) groups excluding carboxylic acids is 2. The normalized spacial score (nSPS) is 14.4. The van der Waals surface area contributed by atoms with Crippen molar-refractivity contribution in [3.63, 3.8) is 0 Å². The summed E-state index contributed by atoms with van der Waals surface area (Å²) < 4.78 is 30.3. The van der Waals surface area contributed by atoms with Crippen molar-refractivity contribution in [2.75, 3.05) is 40.9 Å². The molecular formula is C66H117N2O7P. The Bertz CT molecular complexity index is 1620. The molecule has 10 heteroatoms. The van der Waals surface area contributed by atoms with E-state index in [9.17, 15) is 19.0 Å². The van der Waals surface area contributed by atoms with Crippen LogP contribution in [0.25, 0.3) is 0 Å². The van der Waals surface area contributed by atoms with Crippen molar-refractivity contribution >= 4 is 19.7 Å². The topological polar surface area (TPSA) is 114 Å². The molecule has 0 fully saturated rings. The fourth-order valence-electron chi connectivity index (χ4n) is 8.46. The first-order valence-electron chi connectivity index (χ1n) is 31.0. The molecule has 0 aliphatic carbocycles. The van der Waals surface area contributed by atoms with Crippen molar-refractivity contribution in [1.82, 2.24) is 5.32 Å². The van der Waals surface area contributed by atoms with Crippen LogP contribution in [0, 0.1) is 0 Å². The maximum atomic E-state index is 13.5. The zero-order chi connectivity index (χ0) is 55.7. The lowest BCUT2D eigenvalue weighted by atomic mass is 10.0. The van der Waals surface area contributed by atoms with Gasteiger partial charge in [-0.25, -0.2) is 0 Å². The summed E-state index contributed by atoms with van der Waals surface area (Å²) >= 11 is 0. The van der Waals surface area contributed by atoms with Gasteiger partial charge in [-0.15, -0.1) is 0 Å². The summed E-state index contributed by atoms with van der Waals surface area (Å²) in [4.78, 5) is 40.0. The molecule has 0 bridgehead atoms. The van der Waals surface area contributed by atoms with Crippen LogP contribution < -0.4 is 10.2 Å². The lowest BCUT2D eigenvalue weighted by Crippen LogP contribution is -2.47. The predicted molar refractivity (Wildman–Crippen MR) is 325 cm³/mol. The molecule has 9 nitrogen and oxygen atoms in total. The zero-order valence-corrected chi connectivity index (χ0v) is 50.8. The molecule has 1 amide bonds. The number of hydrogen-bond donors (Lipinski definition) is 1. The molecule has 0 radical (unpaired) electrons. The molecule has 0 aromatic carbocycles. The van der Waals surface area contributed by atoms with Crippen LogP contribution >= 0.6 is 7.82 Å². The monoisotopic (exact) mass is 1080 g/mol. The van der Waals surface area contributed by atoms with E-state index >= 15 is 0 Å². The molecule has 3 atom stereocenters. The molecule has 438 valence electrons. The quantitative estimate of drug-likeness (QED) is 0.0212. The summed E-state index contributed by atoms with van der Waals surface area (Å²) in [5, 5.41) is 3.02. The van der Waals surface area contributed by atoms with Gasteiger partial charge in [0, 0.05) is 12.8 Å². The van der Waals surface area contributed by atoms with Gasteiger partial charge < -0.3 is 28.5 Å². The van der Waals surface area contributed by atoms with E-state index in [0.29, 0.717) is 23.9 Å². The molecule has 0 saturated carbocycles. The van der Waals surface area contributed by atoms with Gasteiger partial charge in [0.25, 0.3) is 7.82 Å². The molecule has 3 unspecified atom stereocenters. The summed E-state index contributed by atoms with van der Waals surface area (Å²) in [6.45, 7) is 6.69. The Hall–Kier alpha value is -3.07. The number of rotatable bonds is 55. The summed E-state index contributed by atoms with van der Waals surface area (Å²) in [6.07, 6.45) is 73.7. The Morgan fingerprint density at radius 2 is 0.842 bits per heavy atom. The summed E-state index contributed by atoms with van der Waals surface area (Å²) in [6, 6.07) is -0.906. The van der Waals surface area contributed by atoms with Crippen molar-refractivity contribution in [3.05, 3.63) is 97.2 Å². The van der Waals surface area contributed by atoms with Crippen molar-refractivity contribution in [3.8, 4) is 0 Å². The highest BCUT2D eigenvalue weighted by Gasteiger charge is 2.27. The summed E-state index contributed by atoms with van der Waals surface area (Å²) in [5.41, 5.74) is 0. The lowest BCUT2D eigenvalue weighted by molar-refractivity contribution is -0.870. The van der Waals surface area contributed by atoms with Crippen LogP contribution in [0.15, 0.2) is 97.2 Å². The Kier molecular flexibility index (Phi) is 53.0. The van der Waals surface area contributed by atoms with E-state index in [-0.39, 0.29) is 24.9 Å². The molecule has 0 heterocycles. The van der Waals surface area contributed by atoms with Gasteiger partial charge in [-0.2, -0.15) is 0 Å². The SMILES string of the molecule is CC/C=C\C/C=C\C/C=C\C/C=C\C/C=C\C/C=C\CCCCCCC(=O)OC(/C=C\CCCCCCCCCCCC)C(COP(=O)([O-])OCC[N+](C)(C)C)NC(=O)CCCCCCCCC/C=C\CCCCCC. The van der Waals surface area contributed by atoms with E-state index in [4.69, 9.17) is 13.8 Å². The number of carbonyl (C=O) groups is 2. The molecule has 0 spiro atoms. The largest absolute Gasteiger partial charge is 0.756 e. The van der Waals surface area contributed by atoms with Gasteiger partial charge >= 0.3 is 5.97 Å². The molecule has 0 aliphatic heterocycles. The van der Waals surface area contributed by atoms with Crippen LogP contribution in [0.4, 0.5) is 0 Å². The van der Waals surface area contributed by atoms with Crippen molar-refractivity contribution in [2.45, 2.75) is 270 Å². The highest BCUT2D eigenvalue weighted by molar-refractivity contribution is 7.45. The average Bonchev–Trinajstić information content (AvgIpc) is 3.38. The number of phosphoric acid groups is 1. The number of allylic oxidation sites excluding steroid dienone is 15. The maximum absolute atomic E-state index is 13.5. The molecule has 76 heavy (non-hydrogen) atoms. The van der Waals surface area contributed by atoms with Gasteiger partial charge in [0.15, 0.2) is 0 Å². The van der Waals surface area contributed by atoms with Gasteiger partial charge in [-0.1, -0.05) is 234 Å². The highest BCUT2D eigenvalue weighted by Crippen LogP contribution is 2.38. The predicted octanol–water partition coefficient (Wildman–Crippen LogP) is 18.5. The van der Waals surface area contributed by atoms with Crippen LogP contribution in [0.1, 0.15) is 258 Å². The molecule has 0 saturated heterocycles. The Morgan fingerprint density at radius 1 is 0.474 bits per heavy atom. The second-order valence-electron chi connectivity index (χ2n) is 21.8. The molecule has 0 aliphatic rings. The van der Waals surface area contributed by atoms with Crippen LogP contribution in [-0.2, 0) is 27.9 Å². The Labute approximate surface area is 468 Å². The van der Waals surface area contributed by atoms with Gasteiger partial charge in [-0.05, 0) is 109 Å². The average molecular weight is 1080 g/mol. The first-order valence-corrected chi connectivity index (χ1v) is 32.5.